The first-order valence-corrected chi connectivity index (χ1v) is 7.31. The van der Waals surface area contributed by atoms with E-state index in [1.807, 2.05) is 0 Å². The molecule has 20 heavy (non-hydrogen) atoms. The number of nitrogens with zero attached hydrogens (tertiary/aromatic N) is 1. The van der Waals surface area contributed by atoms with E-state index < -0.39 is 12.1 Å². The number of unbranched alkanes of at least 4 members (excludes halogenated alkanes) is 3. The summed E-state index contributed by atoms with van der Waals surface area (Å²) in [6.45, 7) is 10.8. The van der Waals surface area contributed by atoms with Crippen molar-refractivity contribution >= 4 is 5.97 Å². The zero-order valence-electron chi connectivity index (χ0n) is 12.8. The van der Waals surface area contributed by atoms with Gasteiger partial charge in [0.2, 0.25) is 0 Å². The third-order valence-electron chi connectivity index (χ3n) is 2.73. The molecule has 6 heteroatoms. The Morgan fingerprint density at radius 1 is 0.900 bits per heavy atom. The molecule has 0 aromatic rings. The van der Waals surface area contributed by atoms with Crippen LogP contribution < -0.4 is 0 Å². The normalized spacial score (nSPS) is 11.2. The summed E-state index contributed by atoms with van der Waals surface area (Å²) in [5.74, 6) is -2.76. The fraction of sp³-hybridized carbons (Fsp3) is 0.929. The second-order valence-corrected chi connectivity index (χ2v) is 4.71. The quantitative estimate of drug-likeness (QED) is 0.689. The Bertz CT molecular complexity index is 214. The van der Waals surface area contributed by atoms with Crippen molar-refractivity contribution in [2.45, 2.75) is 65.5 Å². The number of aliphatic carboxylic acids is 1. The van der Waals surface area contributed by atoms with Gasteiger partial charge in [-0.15, -0.1) is 0 Å². The zero-order valence-corrected chi connectivity index (χ0v) is 12.8. The van der Waals surface area contributed by atoms with Crippen molar-refractivity contribution in [3.8, 4) is 0 Å². The highest BCUT2D eigenvalue weighted by Gasteiger charge is 2.38. The SMILES string of the molecule is CCCCN(CCCC)CCCC.O=C(O)C(F)(F)F. The van der Waals surface area contributed by atoms with E-state index in [1.165, 1.54) is 58.2 Å². The average Bonchev–Trinajstić information content (AvgIpc) is 2.37. The van der Waals surface area contributed by atoms with Gasteiger partial charge in [-0.05, 0) is 38.9 Å². The minimum atomic E-state index is -5.08. The fourth-order valence-corrected chi connectivity index (χ4v) is 1.48. The van der Waals surface area contributed by atoms with Gasteiger partial charge in [-0.25, -0.2) is 4.79 Å². The van der Waals surface area contributed by atoms with Crippen molar-refractivity contribution in [1.82, 2.24) is 4.90 Å². The number of hydrogen-bond acceptors (Lipinski definition) is 2. The monoisotopic (exact) mass is 299 g/mol. The van der Waals surface area contributed by atoms with Gasteiger partial charge in [-0.3, -0.25) is 0 Å². The molecule has 0 rings (SSSR count). The van der Waals surface area contributed by atoms with E-state index in [2.05, 4.69) is 25.7 Å². The molecule has 0 spiro atoms. The van der Waals surface area contributed by atoms with Crippen LogP contribution in [-0.4, -0.2) is 41.8 Å². The van der Waals surface area contributed by atoms with Gasteiger partial charge in [0, 0.05) is 0 Å². The number of carboxylic acid groups (broad SMARTS) is 1. The molecule has 0 saturated heterocycles. The standard InChI is InChI=1S/C12H27N.C2HF3O2/c1-4-7-10-13(11-8-5-2)12-9-6-3;3-2(4,5)1(6)7/h4-12H2,1-3H3;(H,6,7). The Balaban J connectivity index is 0. The summed E-state index contributed by atoms with van der Waals surface area (Å²) in [4.78, 5) is 11.5. The maximum absolute atomic E-state index is 10.6. The molecule has 0 aromatic carbocycles. The van der Waals surface area contributed by atoms with Crippen molar-refractivity contribution in [2.24, 2.45) is 0 Å². The molecule has 0 bridgehead atoms. The minimum Gasteiger partial charge on any atom is -0.475 e. The second-order valence-electron chi connectivity index (χ2n) is 4.71. The van der Waals surface area contributed by atoms with E-state index >= 15 is 0 Å². The topological polar surface area (TPSA) is 40.5 Å². The highest BCUT2D eigenvalue weighted by Crippen LogP contribution is 2.13. The van der Waals surface area contributed by atoms with Gasteiger partial charge < -0.3 is 10.0 Å². The maximum atomic E-state index is 10.6. The van der Waals surface area contributed by atoms with E-state index in [9.17, 15) is 13.2 Å². The van der Waals surface area contributed by atoms with Gasteiger partial charge in [0.25, 0.3) is 0 Å². The molecular formula is C14H28F3NO2. The summed E-state index contributed by atoms with van der Waals surface area (Å²) >= 11 is 0. The van der Waals surface area contributed by atoms with Crippen molar-refractivity contribution in [3.05, 3.63) is 0 Å². The van der Waals surface area contributed by atoms with Crippen molar-refractivity contribution < 1.29 is 23.1 Å². The molecule has 0 aliphatic heterocycles. The molecule has 0 atom stereocenters. The van der Waals surface area contributed by atoms with E-state index in [4.69, 9.17) is 9.90 Å². The highest BCUT2D eigenvalue weighted by atomic mass is 19.4. The van der Waals surface area contributed by atoms with Crippen LogP contribution in [-0.2, 0) is 4.79 Å². The number of hydrogen-bond donors (Lipinski definition) is 1. The second kappa shape index (κ2) is 13.2. The van der Waals surface area contributed by atoms with E-state index in [-0.39, 0.29) is 0 Å². The summed E-state index contributed by atoms with van der Waals surface area (Å²) in [5.41, 5.74) is 0. The first kappa shape index (κ1) is 21.5. The van der Waals surface area contributed by atoms with E-state index in [0.717, 1.165) is 0 Å². The smallest absolute Gasteiger partial charge is 0.475 e. The Labute approximate surface area is 120 Å². The van der Waals surface area contributed by atoms with Crippen LogP contribution in [0.4, 0.5) is 13.2 Å². The number of carbonyl (C=O) groups is 1. The summed E-state index contributed by atoms with van der Waals surface area (Å²) in [5, 5.41) is 7.12. The van der Waals surface area contributed by atoms with Crippen LogP contribution in [0.3, 0.4) is 0 Å². The average molecular weight is 299 g/mol. The lowest BCUT2D eigenvalue weighted by atomic mass is 10.2. The predicted molar refractivity (Wildman–Crippen MR) is 74.9 cm³/mol. The van der Waals surface area contributed by atoms with Gasteiger partial charge in [-0.1, -0.05) is 40.0 Å². The molecule has 0 aliphatic rings. The molecule has 0 heterocycles. The first-order chi connectivity index (χ1) is 9.29. The molecule has 122 valence electrons. The number of halogens is 3. The van der Waals surface area contributed by atoms with Crippen LogP contribution in [0.2, 0.25) is 0 Å². The lowest BCUT2D eigenvalue weighted by molar-refractivity contribution is -0.192. The number of carboxylic acids is 1. The summed E-state index contributed by atoms with van der Waals surface area (Å²) in [6, 6.07) is 0. The molecule has 0 fully saturated rings. The lowest BCUT2D eigenvalue weighted by Crippen LogP contribution is -2.27. The summed E-state index contributed by atoms with van der Waals surface area (Å²) < 4.78 is 31.7. The largest absolute Gasteiger partial charge is 0.490 e. The molecule has 0 unspecified atom stereocenters. The van der Waals surface area contributed by atoms with Gasteiger partial charge in [0.1, 0.15) is 0 Å². The van der Waals surface area contributed by atoms with Crippen molar-refractivity contribution in [3.63, 3.8) is 0 Å². The van der Waals surface area contributed by atoms with Gasteiger partial charge in [-0.2, -0.15) is 13.2 Å². The van der Waals surface area contributed by atoms with Crippen LogP contribution in [0.5, 0.6) is 0 Å². The third kappa shape index (κ3) is 15.3. The van der Waals surface area contributed by atoms with Gasteiger partial charge >= 0.3 is 12.1 Å². The highest BCUT2D eigenvalue weighted by molar-refractivity contribution is 5.73. The molecule has 0 radical (unpaired) electrons. The van der Waals surface area contributed by atoms with Crippen molar-refractivity contribution in [1.29, 1.82) is 0 Å². The third-order valence-corrected chi connectivity index (χ3v) is 2.73. The lowest BCUT2D eigenvalue weighted by Gasteiger charge is -2.21. The molecular weight excluding hydrogens is 271 g/mol. The van der Waals surface area contributed by atoms with Gasteiger partial charge in [0.15, 0.2) is 0 Å². The maximum Gasteiger partial charge on any atom is 0.490 e. The summed E-state index contributed by atoms with van der Waals surface area (Å²) in [6.07, 6.45) is 3.01. The Morgan fingerprint density at radius 3 is 1.30 bits per heavy atom. The Kier molecular flexibility index (Phi) is 14.2. The number of rotatable bonds is 9. The van der Waals surface area contributed by atoms with Crippen LogP contribution in [0.1, 0.15) is 59.3 Å². The van der Waals surface area contributed by atoms with Crippen LogP contribution in [0.25, 0.3) is 0 Å². The van der Waals surface area contributed by atoms with Gasteiger partial charge in [0.05, 0.1) is 0 Å². The zero-order chi connectivity index (χ0) is 16.0. The molecule has 0 aromatic heterocycles. The first-order valence-electron chi connectivity index (χ1n) is 7.31. The molecule has 0 aliphatic carbocycles. The Morgan fingerprint density at radius 2 is 1.15 bits per heavy atom. The fourth-order valence-electron chi connectivity index (χ4n) is 1.48. The van der Waals surface area contributed by atoms with Crippen LogP contribution in [0, 0.1) is 0 Å². The molecule has 3 nitrogen and oxygen atoms in total. The van der Waals surface area contributed by atoms with Crippen LogP contribution >= 0.6 is 0 Å². The van der Waals surface area contributed by atoms with Crippen molar-refractivity contribution in [2.75, 3.05) is 19.6 Å². The van der Waals surface area contributed by atoms with Crippen LogP contribution in [0.15, 0.2) is 0 Å². The minimum absolute atomic E-state index is 1.32. The number of alkyl halides is 3. The molecule has 0 amide bonds. The van der Waals surface area contributed by atoms with E-state index in [0.29, 0.717) is 0 Å². The Hall–Kier alpha value is -0.780. The molecule has 0 saturated carbocycles. The predicted octanol–water partition coefficient (Wildman–Crippen LogP) is 4.32. The molecule has 1 N–H and O–H groups in total. The summed E-state index contributed by atoms with van der Waals surface area (Å²) in [7, 11) is 0. The van der Waals surface area contributed by atoms with E-state index in [1.54, 1.807) is 0 Å².